The Kier molecular flexibility index (Phi) is 2.73. The summed E-state index contributed by atoms with van der Waals surface area (Å²) in [5.41, 5.74) is 0.238. The smallest absolute Gasteiger partial charge is 0.0715 e. The van der Waals surface area contributed by atoms with Crippen LogP contribution in [0.3, 0.4) is 0 Å². The minimum absolute atomic E-state index is 0.238. The fourth-order valence-corrected chi connectivity index (χ4v) is 2.77. The topological polar surface area (TPSA) is 9.23 Å². The van der Waals surface area contributed by atoms with Crippen molar-refractivity contribution in [1.82, 2.24) is 0 Å². The molecule has 1 heterocycles. The van der Waals surface area contributed by atoms with Crippen LogP contribution in [0.5, 0.6) is 0 Å². The molecule has 2 atom stereocenters. The Morgan fingerprint density at radius 1 is 1.23 bits per heavy atom. The second-order valence-electron chi connectivity index (χ2n) is 4.53. The molecule has 74 valence electrons. The summed E-state index contributed by atoms with van der Waals surface area (Å²) in [6, 6.07) is 0. The van der Waals surface area contributed by atoms with Crippen LogP contribution in [0, 0.1) is 5.92 Å². The molecule has 0 unspecified atom stereocenters. The third-order valence-corrected chi connectivity index (χ3v) is 3.75. The molecule has 2 rings (SSSR count). The van der Waals surface area contributed by atoms with Crippen LogP contribution in [-0.2, 0) is 4.74 Å². The van der Waals surface area contributed by atoms with Crippen LogP contribution in [0.25, 0.3) is 0 Å². The molecule has 0 amide bonds. The van der Waals surface area contributed by atoms with E-state index in [-0.39, 0.29) is 5.60 Å². The maximum Gasteiger partial charge on any atom is 0.0715 e. The van der Waals surface area contributed by atoms with Crippen molar-refractivity contribution in [3.63, 3.8) is 0 Å². The van der Waals surface area contributed by atoms with Gasteiger partial charge in [-0.1, -0.05) is 31.9 Å². The molecule has 13 heavy (non-hydrogen) atoms. The van der Waals surface area contributed by atoms with Gasteiger partial charge < -0.3 is 4.74 Å². The molecule has 0 aromatic rings. The molecule has 1 heteroatoms. The Morgan fingerprint density at radius 2 is 2.15 bits per heavy atom. The van der Waals surface area contributed by atoms with E-state index in [1.165, 1.54) is 38.5 Å². The second-order valence-corrected chi connectivity index (χ2v) is 4.53. The van der Waals surface area contributed by atoms with E-state index in [2.05, 4.69) is 19.1 Å². The second kappa shape index (κ2) is 3.83. The van der Waals surface area contributed by atoms with E-state index in [1.807, 2.05) is 0 Å². The first-order chi connectivity index (χ1) is 6.33. The van der Waals surface area contributed by atoms with Crippen LogP contribution < -0.4 is 0 Å². The Labute approximate surface area is 81.2 Å². The Balaban J connectivity index is 2.07. The Hall–Kier alpha value is -0.300. The summed E-state index contributed by atoms with van der Waals surface area (Å²) in [7, 11) is 0. The molecule has 1 aliphatic heterocycles. The first kappa shape index (κ1) is 9.26. The SMILES string of the molecule is C[C@@H]1CCCC[C@]12CCC=CCO2. The standard InChI is InChI=1S/C12H20O/c1-11-7-3-5-9-12(11)8-4-2-6-10-13-12/h2,6,11H,3-5,7-10H2,1H3/t11-,12-/m1/s1. The molecule has 1 aliphatic carbocycles. The van der Waals surface area contributed by atoms with E-state index < -0.39 is 0 Å². The van der Waals surface area contributed by atoms with Gasteiger partial charge in [0.15, 0.2) is 0 Å². The van der Waals surface area contributed by atoms with E-state index in [0.717, 1.165) is 12.5 Å². The number of rotatable bonds is 0. The van der Waals surface area contributed by atoms with Crippen molar-refractivity contribution in [2.24, 2.45) is 5.92 Å². The largest absolute Gasteiger partial charge is 0.371 e. The normalized spacial score (nSPS) is 40.5. The lowest BCUT2D eigenvalue weighted by atomic mass is 9.74. The summed E-state index contributed by atoms with van der Waals surface area (Å²) in [6.45, 7) is 3.20. The number of hydrogen-bond donors (Lipinski definition) is 0. The quantitative estimate of drug-likeness (QED) is 0.520. The van der Waals surface area contributed by atoms with Crippen molar-refractivity contribution in [3.8, 4) is 0 Å². The number of ether oxygens (including phenoxy) is 1. The lowest BCUT2D eigenvalue weighted by Crippen LogP contribution is -2.41. The lowest BCUT2D eigenvalue weighted by Gasteiger charge is -2.41. The van der Waals surface area contributed by atoms with Gasteiger partial charge in [0, 0.05) is 0 Å². The molecule has 0 radical (unpaired) electrons. The molecule has 0 N–H and O–H groups in total. The highest BCUT2D eigenvalue weighted by molar-refractivity contribution is 4.96. The van der Waals surface area contributed by atoms with Gasteiger partial charge in [0.2, 0.25) is 0 Å². The van der Waals surface area contributed by atoms with Crippen LogP contribution in [-0.4, -0.2) is 12.2 Å². The first-order valence-electron chi connectivity index (χ1n) is 5.62. The summed E-state index contributed by atoms with van der Waals surface area (Å²) < 4.78 is 6.06. The monoisotopic (exact) mass is 180 g/mol. The van der Waals surface area contributed by atoms with Gasteiger partial charge in [0.05, 0.1) is 12.2 Å². The van der Waals surface area contributed by atoms with Gasteiger partial charge in [-0.3, -0.25) is 0 Å². The summed E-state index contributed by atoms with van der Waals surface area (Å²) in [4.78, 5) is 0. The van der Waals surface area contributed by atoms with Crippen LogP contribution in [0.4, 0.5) is 0 Å². The van der Waals surface area contributed by atoms with E-state index >= 15 is 0 Å². The molecule has 1 nitrogen and oxygen atoms in total. The predicted molar refractivity (Wildman–Crippen MR) is 54.7 cm³/mol. The summed E-state index contributed by atoms with van der Waals surface area (Å²) in [5.74, 6) is 0.765. The molecule has 0 saturated heterocycles. The van der Waals surface area contributed by atoms with Gasteiger partial charge in [-0.2, -0.15) is 0 Å². The van der Waals surface area contributed by atoms with E-state index in [9.17, 15) is 0 Å². The highest BCUT2D eigenvalue weighted by atomic mass is 16.5. The molecule has 2 aliphatic rings. The van der Waals surface area contributed by atoms with Gasteiger partial charge in [-0.25, -0.2) is 0 Å². The highest BCUT2D eigenvalue weighted by Gasteiger charge is 2.38. The van der Waals surface area contributed by atoms with Crippen LogP contribution in [0.1, 0.15) is 45.4 Å². The van der Waals surface area contributed by atoms with Crippen molar-refractivity contribution in [3.05, 3.63) is 12.2 Å². The van der Waals surface area contributed by atoms with Gasteiger partial charge in [-0.15, -0.1) is 0 Å². The zero-order chi connectivity index (χ0) is 9.15. The van der Waals surface area contributed by atoms with Crippen molar-refractivity contribution < 1.29 is 4.74 Å². The molecule has 0 bridgehead atoms. The number of hydrogen-bond acceptors (Lipinski definition) is 1. The molecule has 0 aromatic carbocycles. The summed E-state index contributed by atoms with van der Waals surface area (Å²) in [6.07, 6.45) is 12.3. The average molecular weight is 180 g/mol. The Bertz CT molecular complexity index is 185. The van der Waals surface area contributed by atoms with Crippen LogP contribution in [0.15, 0.2) is 12.2 Å². The van der Waals surface area contributed by atoms with Crippen LogP contribution in [0.2, 0.25) is 0 Å². The van der Waals surface area contributed by atoms with Crippen molar-refractivity contribution in [1.29, 1.82) is 0 Å². The van der Waals surface area contributed by atoms with Gasteiger partial charge in [-0.05, 0) is 31.6 Å². The minimum atomic E-state index is 0.238. The lowest BCUT2D eigenvalue weighted by molar-refractivity contribution is -0.0949. The fraction of sp³-hybridized carbons (Fsp3) is 0.833. The Morgan fingerprint density at radius 3 is 3.00 bits per heavy atom. The maximum atomic E-state index is 6.06. The fourth-order valence-electron chi connectivity index (χ4n) is 2.77. The van der Waals surface area contributed by atoms with Crippen LogP contribution >= 0.6 is 0 Å². The van der Waals surface area contributed by atoms with Gasteiger partial charge in [0.1, 0.15) is 0 Å². The van der Waals surface area contributed by atoms with E-state index in [1.54, 1.807) is 0 Å². The van der Waals surface area contributed by atoms with E-state index in [4.69, 9.17) is 4.74 Å². The van der Waals surface area contributed by atoms with Crippen molar-refractivity contribution in [2.75, 3.05) is 6.61 Å². The van der Waals surface area contributed by atoms with Gasteiger partial charge >= 0.3 is 0 Å². The predicted octanol–water partition coefficient (Wildman–Crippen LogP) is 3.30. The molecule has 1 spiro atoms. The van der Waals surface area contributed by atoms with Gasteiger partial charge in [0.25, 0.3) is 0 Å². The van der Waals surface area contributed by atoms with E-state index in [0.29, 0.717) is 0 Å². The minimum Gasteiger partial charge on any atom is -0.371 e. The third kappa shape index (κ3) is 1.80. The molecule has 1 fully saturated rings. The summed E-state index contributed by atoms with van der Waals surface area (Å²) in [5, 5.41) is 0. The zero-order valence-corrected chi connectivity index (χ0v) is 8.59. The average Bonchev–Trinajstić information content (AvgIpc) is 2.37. The molecular weight excluding hydrogens is 160 g/mol. The third-order valence-electron chi connectivity index (χ3n) is 3.75. The molecule has 1 saturated carbocycles. The number of allylic oxidation sites excluding steroid dienone is 1. The van der Waals surface area contributed by atoms with Crippen molar-refractivity contribution >= 4 is 0 Å². The van der Waals surface area contributed by atoms with Crippen molar-refractivity contribution in [2.45, 2.75) is 51.0 Å². The zero-order valence-electron chi connectivity index (χ0n) is 8.59. The molecular formula is C12H20O. The molecule has 0 aromatic heterocycles. The maximum absolute atomic E-state index is 6.06. The summed E-state index contributed by atoms with van der Waals surface area (Å²) >= 11 is 0. The highest BCUT2D eigenvalue weighted by Crippen LogP contribution is 2.40. The first-order valence-corrected chi connectivity index (χ1v) is 5.62.